The fourth-order valence-electron chi connectivity index (χ4n) is 4.32. The van der Waals surface area contributed by atoms with Gasteiger partial charge in [0.15, 0.2) is 12.0 Å². The molecule has 0 aliphatic heterocycles. The third-order valence-electron chi connectivity index (χ3n) is 6.38. The number of pyridine rings is 1. The third-order valence-corrected chi connectivity index (χ3v) is 6.38. The predicted octanol–water partition coefficient (Wildman–Crippen LogP) is 6.83. The lowest BCUT2D eigenvalue weighted by molar-refractivity contribution is -0.660. The van der Waals surface area contributed by atoms with E-state index in [2.05, 4.69) is 109 Å². The van der Waals surface area contributed by atoms with E-state index >= 15 is 0 Å². The van der Waals surface area contributed by atoms with Crippen LogP contribution in [0.2, 0.25) is 0 Å². The van der Waals surface area contributed by atoms with Gasteiger partial charge in [0, 0.05) is 39.3 Å². The Hall–Kier alpha value is -3.60. The number of hydrogen-bond donors (Lipinski definition) is 0. The van der Waals surface area contributed by atoms with E-state index in [4.69, 9.17) is 19.4 Å². The van der Waals surface area contributed by atoms with E-state index < -0.39 is 0 Å². The van der Waals surface area contributed by atoms with Crippen molar-refractivity contribution >= 4 is 21.9 Å². The Morgan fingerprint density at radius 3 is 2.03 bits per heavy atom. The Balaban J connectivity index is 1.68. The Bertz CT molecular complexity index is 1550. The lowest BCUT2D eigenvalue weighted by atomic mass is 9.93. The molecule has 35 heavy (non-hydrogen) atoms. The minimum absolute atomic E-state index is 0.178. The predicted molar refractivity (Wildman–Crippen MR) is 141 cm³/mol. The highest BCUT2D eigenvalue weighted by atomic mass is 16.3. The van der Waals surface area contributed by atoms with E-state index in [0.29, 0.717) is 5.82 Å². The number of nitrogens with zero attached hydrogens (tertiary/aromatic N) is 4. The Labute approximate surface area is 206 Å². The third kappa shape index (κ3) is 4.20. The average molecular weight is 466 g/mol. The Morgan fingerprint density at radius 1 is 0.743 bits per heavy atom. The quantitative estimate of drug-likeness (QED) is 0.268. The molecular weight excluding hydrogens is 432 g/mol. The topological polar surface area (TPSA) is 55.7 Å². The molecule has 0 fully saturated rings. The van der Waals surface area contributed by atoms with Gasteiger partial charge in [-0.1, -0.05) is 47.6 Å². The molecule has 3 heterocycles. The van der Waals surface area contributed by atoms with Crippen molar-refractivity contribution in [1.29, 1.82) is 0 Å². The van der Waals surface area contributed by atoms with Crippen molar-refractivity contribution in [3.8, 4) is 22.6 Å². The summed E-state index contributed by atoms with van der Waals surface area (Å²) in [5.41, 5.74) is 5.83. The molecule has 5 aromatic rings. The second-order valence-corrected chi connectivity index (χ2v) is 11.5. The van der Waals surface area contributed by atoms with E-state index in [-0.39, 0.29) is 10.8 Å². The number of aryl methyl sites for hydroxylation is 2. The second-order valence-electron chi connectivity index (χ2n) is 11.5. The molecule has 5 rings (SSSR count). The molecule has 2 aromatic carbocycles. The van der Waals surface area contributed by atoms with Crippen molar-refractivity contribution in [2.45, 2.75) is 59.3 Å². The first-order chi connectivity index (χ1) is 16.4. The minimum Gasteiger partial charge on any atom is -0.456 e. The maximum atomic E-state index is 6.39. The van der Waals surface area contributed by atoms with Crippen molar-refractivity contribution in [2.24, 2.45) is 7.05 Å². The Kier molecular flexibility index (Phi) is 5.28. The number of rotatable bonds is 2. The van der Waals surface area contributed by atoms with Gasteiger partial charge in [-0.25, -0.2) is 19.5 Å². The molecule has 5 nitrogen and oxygen atoms in total. The van der Waals surface area contributed by atoms with Crippen LogP contribution < -0.4 is 4.57 Å². The molecule has 0 bridgehead atoms. The summed E-state index contributed by atoms with van der Waals surface area (Å²) in [6, 6.07) is 16.9. The summed E-state index contributed by atoms with van der Waals surface area (Å²) in [5.74, 6) is 2.28. The SMILES string of the molecule is Cc1cc2c(cc1-c1cccc[n+]1C)oc1cc(-c3nc(C(C)(C)C)nc(C(C)(C)C)n3)ccc12. The van der Waals surface area contributed by atoms with Gasteiger partial charge in [0.05, 0.1) is 5.56 Å². The summed E-state index contributed by atoms with van der Waals surface area (Å²) in [5, 5.41) is 2.21. The smallest absolute Gasteiger partial charge is 0.212 e. The van der Waals surface area contributed by atoms with Crippen molar-refractivity contribution < 1.29 is 8.98 Å². The van der Waals surface area contributed by atoms with Crippen molar-refractivity contribution in [3.63, 3.8) is 0 Å². The van der Waals surface area contributed by atoms with Gasteiger partial charge in [0.2, 0.25) is 5.69 Å². The van der Waals surface area contributed by atoms with Crippen LogP contribution in [0.1, 0.15) is 58.8 Å². The van der Waals surface area contributed by atoms with Gasteiger partial charge >= 0.3 is 0 Å². The summed E-state index contributed by atoms with van der Waals surface area (Å²) in [6.45, 7) is 15.0. The molecule has 0 radical (unpaired) electrons. The molecule has 0 spiro atoms. The second kappa shape index (κ2) is 7.98. The van der Waals surface area contributed by atoms with Gasteiger partial charge in [-0.3, -0.25) is 0 Å². The molecule has 0 aliphatic rings. The summed E-state index contributed by atoms with van der Waals surface area (Å²) >= 11 is 0. The first-order valence-corrected chi connectivity index (χ1v) is 12.1. The monoisotopic (exact) mass is 465 g/mol. The van der Waals surface area contributed by atoms with Crippen LogP contribution in [0.25, 0.3) is 44.6 Å². The Morgan fingerprint density at radius 2 is 1.40 bits per heavy atom. The largest absolute Gasteiger partial charge is 0.456 e. The van der Waals surface area contributed by atoms with E-state index in [0.717, 1.165) is 44.8 Å². The number of hydrogen-bond acceptors (Lipinski definition) is 4. The highest BCUT2D eigenvalue weighted by Crippen LogP contribution is 2.36. The molecule has 0 aliphatic carbocycles. The highest BCUT2D eigenvalue weighted by Gasteiger charge is 2.25. The van der Waals surface area contributed by atoms with Crippen LogP contribution in [0.3, 0.4) is 0 Å². The van der Waals surface area contributed by atoms with Crippen LogP contribution in [0, 0.1) is 6.92 Å². The van der Waals surface area contributed by atoms with Crippen molar-refractivity contribution in [1.82, 2.24) is 15.0 Å². The zero-order valence-electron chi connectivity index (χ0n) is 21.9. The first-order valence-electron chi connectivity index (χ1n) is 12.1. The summed E-state index contributed by atoms with van der Waals surface area (Å²) in [7, 11) is 2.07. The molecule has 178 valence electrons. The average Bonchev–Trinajstić information content (AvgIpc) is 3.14. The van der Waals surface area contributed by atoms with Gasteiger partial charge in [0.25, 0.3) is 0 Å². The van der Waals surface area contributed by atoms with E-state index in [1.165, 1.54) is 11.1 Å². The van der Waals surface area contributed by atoms with Crippen molar-refractivity contribution in [3.05, 3.63) is 71.9 Å². The van der Waals surface area contributed by atoms with Crippen LogP contribution >= 0.6 is 0 Å². The molecule has 3 aromatic heterocycles. The molecule has 0 unspecified atom stereocenters. The lowest BCUT2D eigenvalue weighted by Gasteiger charge is -2.22. The lowest BCUT2D eigenvalue weighted by Crippen LogP contribution is -2.30. The van der Waals surface area contributed by atoms with E-state index in [1.54, 1.807) is 0 Å². The molecule has 0 saturated heterocycles. The van der Waals surface area contributed by atoms with Gasteiger partial charge in [-0.05, 0) is 42.8 Å². The number of benzene rings is 2. The molecule has 0 amide bonds. The number of aromatic nitrogens is 4. The molecule has 0 saturated carbocycles. The zero-order chi connectivity index (χ0) is 25.1. The number of furan rings is 1. The van der Waals surface area contributed by atoms with Crippen LogP contribution in [0.15, 0.2) is 59.1 Å². The maximum Gasteiger partial charge on any atom is 0.212 e. The van der Waals surface area contributed by atoms with E-state index in [1.807, 2.05) is 6.07 Å². The fraction of sp³-hybridized carbons (Fsp3) is 0.333. The first kappa shape index (κ1) is 23.2. The summed E-state index contributed by atoms with van der Waals surface area (Å²) in [6.07, 6.45) is 2.07. The fourth-order valence-corrected chi connectivity index (χ4v) is 4.32. The van der Waals surface area contributed by atoms with Crippen LogP contribution in [-0.2, 0) is 17.9 Å². The highest BCUT2D eigenvalue weighted by molar-refractivity contribution is 6.07. The molecular formula is C30H33N4O+. The van der Waals surface area contributed by atoms with Crippen LogP contribution in [0.5, 0.6) is 0 Å². The zero-order valence-corrected chi connectivity index (χ0v) is 21.9. The normalized spacial score (nSPS) is 12.6. The van der Waals surface area contributed by atoms with Crippen molar-refractivity contribution in [2.75, 3.05) is 0 Å². The minimum atomic E-state index is -0.178. The maximum absolute atomic E-state index is 6.39. The van der Waals surface area contributed by atoms with Crippen LogP contribution in [0.4, 0.5) is 0 Å². The summed E-state index contributed by atoms with van der Waals surface area (Å²) < 4.78 is 8.52. The molecule has 5 heteroatoms. The standard InChI is InChI=1S/C30H33N4O/c1-18-15-22-20-13-12-19(26-31-27(29(2,3)4)33-28(32-26)30(5,6)7)16-24(20)35-25(22)17-21(18)23-11-9-10-14-34(23)8/h9-17H,1-8H3/q+1. The van der Waals surface area contributed by atoms with Gasteiger partial charge in [-0.2, -0.15) is 0 Å². The van der Waals surface area contributed by atoms with E-state index in [9.17, 15) is 0 Å². The summed E-state index contributed by atoms with van der Waals surface area (Å²) in [4.78, 5) is 14.5. The van der Waals surface area contributed by atoms with Crippen LogP contribution in [-0.4, -0.2) is 15.0 Å². The van der Waals surface area contributed by atoms with Gasteiger partial charge < -0.3 is 4.42 Å². The molecule has 0 N–H and O–H groups in total. The number of fused-ring (bicyclic) bond motifs is 3. The van der Waals surface area contributed by atoms with Gasteiger partial charge in [0.1, 0.15) is 29.9 Å². The van der Waals surface area contributed by atoms with Gasteiger partial charge in [-0.15, -0.1) is 0 Å². The molecule has 0 atom stereocenters.